The lowest BCUT2D eigenvalue weighted by atomic mass is 10.2. The maximum Gasteiger partial charge on any atom is 0.341 e. The van der Waals surface area contributed by atoms with Crippen LogP contribution >= 0.6 is 0 Å². The summed E-state index contributed by atoms with van der Waals surface area (Å²) >= 11 is 0. The number of imidazole rings is 1. The molecule has 0 spiro atoms. The minimum atomic E-state index is -1.66. The van der Waals surface area contributed by atoms with Crippen LogP contribution in [0, 0.1) is 0 Å². The van der Waals surface area contributed by atoms with Crippen LogP contribution < -0.4 is 0 Å². The number of halogens is 1. The predicted octanol–water partition coefficient (Wildman–Crippen LogP) is 2.89. The quantitative estimate of drug-likeness (QED) is 0.763. The molecule has 0 aliphatic heterocycles. The first-order chi connectivity index (χ1) is 9.67. The van der Waals surface area contributed by atoms with Gasteiger partial charge in [0.2, 0.25) is 6.17 Å². The molecule has 108 valence electrons. The van der Waals surface area contributed by atoms with Gasteiger partial charge in [0, 0.05) is 13.0 Å². The number of carbonyl (C=O) groups excluding carboxylic acids is 1. The van der Waals surface area contributed by atoms with Crippen LogP contribution in [0.4, 0.5) is 4.39 Å². The Bertz CT molecular complexity index is 595. The van der Waals surface area contributed by atoms with Crippen LogP contribution in [-0.4, -0.2) is 28.3 Å². The molecule has 0 aliphatic carbocycles. The van der Waals surface area contributed by atoms with E-state index in [9.17, 15) is 9.18 Å². The van der Waals surface area contributed by atoms with Crippen molar-refractivity contribution in [1.82, 2.24) is 9.55 Å². The summed E-state index contributed by atoms with van der Waals surface area (Å²) in [5.74, 6) is -0.226. The summed E-state index contributed by atoms with van der Waals surface area (Å²) in [4.78, 5) is 15.8. The third-order valence-electron chi connectivity index (χ3n) is 3.08. The Kier molecular flexibility index (Phi) is 4.71. The number of carbonyl (C=O) groups is 1. The van der Waals surface area contributed by atoms with E-state index in [1.807, 2.05) is 28.8 Å². The van der Waals surface area contributed by atoms with Gasteiger partial charge in [-0.3, -0.25) is 0 Å². The molecule has 0 saturated heterocycles. The fraction of sp³-hybridized carbons (Fsp3) is 0.467. The number of aromatic nitrogens is 2. The normalized spacial score (nSPS) is 12.6. The molecular formula is C15H19FN2O2. The van der Waals surface area contributed by atoms with Gasteiger partial charge in [-0.15, -0.1) is 0 Å². The summed E-state index contributed by atoms with van der Waals surface area (Å²) in [6, 6.07) is 7.67. The second-order valence-corrected chi connectivity index (χ2v) is 4.59. The number of rotatable bonds is 6. The van der Waals surface area contributed by atoms with E-state index in [2.05, 4.69) is 11.9 Å². The van der Waals surface area contributed by atoms with E-state index >= 15 is 0 Å². The van der Waals surface area contributed by atoms with Crippen molar-refractivity contribution in [3.05, 3.63) is 30.1 Å². The maximum atomic E-state index is 13.9. The lowest BCUT2D eigenvalue weighted by Crippen LogP contribution is -2.23. The molecule has 2 aromatic rings. The zero-order valence-electron chi connectivity index (χ0n) is 11.8. The maximum absolute atomic E-state index is 13.9. The zero-order valence-corrected chi connectivity index (χ0v) is 11.8. The van der Waals surface area contributed by atoms with Gasteiger partial charge in [-0.1, -0.05) is 19.1 Å². The standard InChI is InChI=1S/C15H19FN2O2/c1-3-9-18-13-8-6-5-7-12(13)17-14(18)10-11(16)15(19)20-4-2/h5-8,11H,3-4,9-10H2,1-2H3. The molecule has 0 N–H and O–H groups in total. The Morgan fingerprint density at radius 1 is 1.40 bits per heavy atom. The molecule has 0 radical (unpaired) electrons. The van der Waals surface area contributed by atoms with E-state index in [1.54, 1.807) is 6.92 Å². The molecule has 0 saturated carbocycles. The van der Waals surface area contributed by atoms with Gasteiger partial charge >= 0.3 is 5.97 Å². The van der Waals surface area contributed by atoms with E-state index < -0.39 is 12.1 Å². The van der Waals surface area contributed by atoms with Gasteiger partial charge in [0.05, 0.1) is 17.6 Å². The predicted molar refractivity (Wildman–Crippen MR) is 75.3 cm³/mol. The average molecular weight is 278 g/mol. The highest BCUT2D eigenvalue weighted by atomic mass is 19.1. The number of esters is 1. The van der Waals surface area contributed by atoms with E-state index in [4.69, 9.17) is 4.74 Å². The molecule has 0 fully saturated rings. The minimum absolute atomic E-state index is 0.0481. The van der Waals surface area contributed by atoms with E-state index in [0.29, 0.717) is 5.82 Å². The number of aryl methyl sites for hydroxylation is 1. The average Bonchev–Trinajstić information content (AvgIpc) is 2.78. The Balaban J connectivity index is 2.28. The fourth-order valence-electron chi connectivity index (χ4n) is 2.23. The van der Waals surface area contributed by atoms with Crippen molar-refractivity contribution in [1.29, 1.82) is 0 Å². The third-order valence-corrected chi connectivity index (χ3v) is 3.08. The SMILES string of the molecule is CCCn1c(CC(F)C(=O)OCC)nc2ccccc21. The van der Waals surface area contributed by atoms with E-state index in [-0.39, 0.29) is 13.0 Å². The van der Waals surface area contributed by atoms with Crippen LogP contribution in [0.15, 0.2) is 24.3 Å². The first kappa shape index (κ1) is 14.5. The molecule has 0 amide bonds. The summed E-state index contributed by atoms with van der Waals surface area (Å²) in [6.45, 7) is 4.66. The van der Waals surface area contributed by atoms with E-state index in [0.717, 1.165) is 24.0 Å². The molecule has 0 bridgehead atoms. The van der Waals surface area contributed by atoms with Gasteiger partial charge in [-0.25, -0.2) is 14.2 Å². The lowest BCUT2D eigenvalue weighted by molar-refractivity contribution is -0.149. The Hall–Kier alpha value is -1.91. The number of ether oxygens (including phenoxy) is 1. The summed E-state index contributed by atoms with van der Waals surface area (Å²) < 4.78 is 20.6. The number of hydrogen-bond acceptors (Lipinski definition) is 3. The number of para-hydroxylation sites is 2. The van der Waals surface area contributed by atoms with Crippen molar-refractivity contribution in [2.24, 2.45) is 0 Å². The molecule has 1 aromatic carbocycles. The van der Waals surface area contributed by atoms with Crippen molar-refractivity contribution in [2.75, 3.05) is 6.61 Å². The van der Waals surface area contributed by atoms with Gasteiger partial charge in [0.1, 0.15) is 5.82 Å². The summed E-state index contributed by atoms with van der Waals surface area (Å²) in [5.41, 5.74) is 1.80. The zero-order chi connectivity index (χ0) is 14.5. The van der Waals surface area contributed by atoms with Crippen LogP contribution in [0.25, 0.3) is 11.0 Å². The van der Waals surface area contributed by atoms with Gasteiger partial charge in [0.15, 0.2) is 0 Å². The first-order valence-electron chi connectivity index (χ1n) is 6.92. The van der Waals surface area contributed by atoms with Crippen molar-refractivity contribution in [3.8, 4) is 0 Å². The van der Waals surface area contributed by atoms with Crippen molar-refractivity contribution < 1.29 is 13.9 Å². The Morgan fingerprint density at radius 3 is 2.85 bits per heavy atom. The lowest BCUT2D eigenvalue weighted by Gasteiger charge is -2.10. The number of alkyl halides is 1. The highest BCUT2D eigenvalue weighted by molar-refractivity contribution is 5.77. The van der Waals surface area contributed by atoms with Crippen LogP contribution in [0.3, 0.4) is 0 Å². The second kappa shape index (κ2) is 6.50. The summed E-state index contributed by atoms with van der Waals surface area (Å²) in [6.07, 6.45) is -0.792. The van der Waals surface area contributed by atoms with Gasteiger partial charge in [-0.05, 0) is 25.5 Å². The largest absolute Gasteiger partial charge is 0.464 e. The second-order valence-electron chi connectivity index (χ2n) is 4.59. The Morgan fingerprint density at radius 2 is 2.15 bits per heavy atom. The highest BCUT2D eigenvalue weighted by Gasteiger charge is 2.22. The summed E-state index contributed by atoms with van der Waals surface area (Å²) in [5, 5.41) is 0. The number of fused-ring (bicyclic) bond motifs is 1. The fourth-order valence-corrected chi connectivity index (χ4v) is 2.23. The molecule has 5 heteroatoms. The molecule has 2 rings (SSSR count). The Labute approximate surface area is 117 Å². The van der Waals surface area contributed by atoms with Crippen molar-refractivity contribution in [2.45, 2.75) is 39.4 Å². The highest BCUT2D eigenvalue weighted by Crippen LogP contribution is 2.18. The molecule has 1 unspecified atom stereocenters. The van der Waals surface area contributed by atoms with Crippen LogP contribution in [0.1, 0.15) is 26.1 Å². The van der Waals surface area contributed by atoms with Crippen molar-refractivity contribution in [3.63, 3.8) is 0 Å². The monoisotopic (exact) mass is 278 g/mol. The number of nitrogens with zero attached hydrogens (tertiary/aromatic N) is 2. The summed E-state index contributed by atoms with van der Waals surface area (Å²) in [7, 11) is 0. The third kappa shape index (κ3) is 2.98. The molecule has 20 heavy (non-hydrogen) atoms. The smallest absolute Gasteiger partial charge is 0.341 e. The van der Waals surface area contributed by atoms with Crippen LogP contribution in [-0.2, 0) is 22.5 Å². The first-order valence-corrected chi connectivity index (χ1v) is 6.92. The molecule has 1 atom stereocenters. The van der Waals surface area contributed by atoms with E-state index in [1.165, 1.54) is 0 Å². The molecule has 1 aromatic heterocycles. The van der Waals surface area contributed by atoms with Crippen LogP contribution in [0.5, 0.6) is 0 Å². The number of benzene rings is 1. The topological polar surface area (TPSA) is 44.1 Å². The van der Waals surface area contributed by atoms with Crippen LogP contribution in [0.2, 0.25) is 0 Å². The van der Waals surface area contributed by atoms with Gasteiger partial charge < -0.3 is 9.30 Å². The molecular weight excluding hydrogens is 259 g/mol. The number of hydrogen-bond donors (Lipinski definition) is 0. The van der Waals surface area contributed by atoms with Crippen molar-refractivity contribution >= 4 is 17.0 Å². The molecule has 0 aliphatic rings. The van der Waals surface area contributed by atoms with Gasteiger partial charge in [0.25, 0.3) is 0 Å². The molecule has 4 nitrogen and oxygen atoms in total. The van der Waals surface area contributed by atoms with Gasteiger partial charge in [-0.2, -0.15) is 0 Å². The minimum Gasteiger partial charge on any atom is -0.464 e. The molecule has 1 heterocycles.